The normalized spacial score (nSPS) is 15.2. The SMILES string of the molecule is O=C(Nc1cc(OCCN2CCCC2)cc(C(F)(F)F)c1)c1ccc2ccc(Oc3ccnc(NC(=O)C4CC4)c3)cc2c1. The van der Waals surface area contributed by atoms with Gasteiger partial charge in [0, 0.05) is 42.0 Å². The van der Waals surface area contributed by atoms with Gasteiger partial charge in [-0.3, -0.25) is 14.5 Å². The molecule has 1 saturated carbocycles. The molecule has 1 saturated heterocycles. The molecule has 3 aromatic carbocycles. The van der Waals surface area contributed by atoms with Crippen molar-refractivity contribution in [3.05, 3.63) is 84.1 Å². The monoisotopic (exact) mass is 604 g/mol. The molecule has 11 heteroatoms. The molecule has 1 aromatic heterocycles. The van der Waals surface area contributed by atoms with Crippen molar-refractivity contribution in [3.8, 4) is 17.2 Å². The summed E-state index contributed by atoms with van der Waals surface area (Å²) in [7, 11) is 0. The predicted octanol–water partition coefficient (Wildman–Crippen LogP) is 7.12. The van der Waals surface area contributed by atoms with Crippen LogP contribution in [-0.4, -0.2) is 47.9 Å². The second kappa shape index (κ2) is 12.5. The number of alkyl halides is 3. The van der Waals surface area contributed by atoms with Crippen LogP contribution in [0.25, 0.3) is 10.8 Å². The minimum absolute atomic E-state index is 0.0135. The molecular weight excluding hydrogens is 573 g/mol. The first-order valence-electron chi connectivity index (χ1n) is 14.6. The summed E-state index contributed by atoms with van der Waals surface area (Å²) in [5, 5.41) is 6.92. The molecule has 44 heavy (non-hydrogen) atoms. The number of nitrogens with zero attached hydrogens (tertiary/aromatic N) is 2. The Hall–Kier alpha value is -4.64. The van der Waals surface area contributed by atoms with Gasteiger partial charge in [0.25, 0.3) is 5.91 Å². The maximum atomic E-state index is 13.6. The number of pyridine rings is 1. The average molecular weight is 605 g/mol. The number of rotatable bonds is 10. The van der Waals surface area contributed by atoms with Crippen LogP contribution in [0.4, 0.5) is 24.7 Å². The van der Waals surface area contributed by atoms with Crippen LogP contribution in [0, 0.1) is 5.92 Å². The first-order chi connectivity index (χ1) is 21.2. The van der Waals surface area contributed by atoms with Crippen molar-refractivity contribution in [2.45, 2.75) is 31.9 Å². The topological polar surface area (TPSA) is 92.8 Å². The Morgan fingerprint density at radius 2 is 1.64 bits per heavy atom. The van der Waals surface area contributed by atoms with Gasteiger partial charge in [-0.15, -0.1) is 0 Å². The van der Waals surface area contributed by atoms with E-state index < -0.39 is 17.6 Å². The maximum absolute atomic E-state index is 13.6. The van der Waals surface area contributed by atoms with Crippen LogP contribution < -0.4 is 20.1 Å². The number of fused-ring (bicyclic) bond motifs is 1. The van der Waals surface area contributed by atoms with Gasteiger partial charge in [0.15, 0.2) is 0 Å². The van der Waals surface area contributed by atoms with Gasteiger partial charge < -0.3 is 20.1 Å². The summed E-state index contributed by atoms with van der Waals surface area (Å²) in [5.41, 5.74) is -0.656. The molecule has 1 aliphatic heterocycles. The summed E-state index contributed by atoms with van der Waals surface area (Å²) in [5.74, 6) is 0.830. The molecule has 4 aromatic rings. The Bertz CT molecular complexity index is 1680. The number of nitrogens with one attached hydrogen (secondary N) is 2. The second-order valence-corrected chi connectivity index (χ2v) is 11.1. The standard InChI is InChI=1S/C33H31F3N4O4/c34-33(35,36)25-17-26(19-29(18-25)43-14-13-40-11-1-2-12-40)38-32(42)23-6-3-21-7-8-27(16-24(21)15-23)44-28-9-10-37-30(20-28)39-31(41)22-4-5-22/h3,6-10,15-20,22H,1-2,4-5,11-14H2,(H,38,42)(H,37,39,41). The zero-order chi connectivity index (χ0) is 30.7. The second-order valence-electron chi connectivity index (χ2n) is 11.1. The molecule has 0 spiro atoms. The van der Waals surface area contributed by atoms with E-state index >= 15 is 0 Å². The number of aromatic nitrogens is 1. The van der Waals surface area contributed by atoms with E-state index in [1.165, 1.54) is 6.07 Å². The number of hydrogen-bond donors (Lipinski definition) is 2. The molecule has 0 radical (unpaired) electrons. The van der Waals surface area contributed by atoms with Gasteiger partial charge in [0.05, 0.1) is 5.56 Å². The Balaban J connectivity index is 1.16. The summed E-state index contributed by atoms with van der Waals surface area (Å²) < 4.78 is 52.6. The number of hydrogen-bond acceptors (Lipinski definition) is 6. The number of anilines is 2. The average Bonchev–Trinajstić information content (AvgIpc) is 3.72. The van der Waals surface area contributed by atoms with Crippen LogP contribution in [0.1, 0.15) is 41.6 Å². The quantitative estimate of drug-likeness (QED) is 0.200. The lowest BCUT2D eigenvalue weighted by Gasteiger charge is -2.17. The van der Waals surface area contributed by atoms with E-state index in [4.69, 9.17) is 9.47 Å². The van der Waals surface area contributed by atoms with E-state index in [-0.39, 0.29) is 35.4 Å². The molecule has 2 N–H and O–H groups in total. The molecule has 0 bridgehead atoms. The lowest BCUT2D eigenvalue weighted by Crippen LogP contribution is -2.25. The van der Waals surface area contributed by atoms with E-state index in [1.54, 1.807) is 48.7 Å². The Kier molecular flexibility index (Phi) is 8.38. The number of likely N-dealkylation sites (tertiary alicyclic amines) is 1. The van der Waals surface area contributed by atoms with Crippen molar-refractivity contribution in [1.82, 2.24) is 9.88 Å². The van der Waals surface area contributed by atoms with Crippen LogP contribution in [-0.2, 0) is 11.0 Å². The largest absolute Gasteiger partial charge is 0.492 e. The molecule has 6 rings (SSSR count). The van der Waals surface area contributed by atoms with Gasteiger partial charge in [-0.1, -0.05) is 12.1 Å². The molecular formula is C33H31F3N4O4. The third kappa shape index (κ3) is 7.46. The number of amides is 2. The summed E-state index contributed by atoms with van der Waals surface area (Å²) in [6.07, 6.45) is 0.914. The van der Waals surface area contributed by atoms with Crippen LogP contribution >= 0.6 is 0 Å². The summed E-state index contributed by atoms with van der Waals surface area (Å²) in [4.78, 5) is 31.6. The maximum Gasteiger partial charge on any atom is 0.416 e. The zero-order valence-electron chi connectivity index (χ0n) is 23.8. The van der Waals surface area contributed by atoms with E-state index in [2.05, 4.69) is 20.5 Å². The van der Waals surface area contributed by atoms with E-state index in [9.17, 15) is 22.8 Å². The van der Waals surface area contributed by atoms with Crippen molar-refractivity contribution in [2.75, 3.05) is 36.9 Å². The van der Waals surface area contributed by atoms with Crippen molar-refractivity contribution in [3.63, 3.8) is 0 Å². The Labute approximate surface area is 252 Å². The minimum atomic E-state index is -4.61. The highest BCUT2D eigenvalue weighted by atomic mass is 19.4. The first kappa shape index (κ1) is 29.4. The molecule has 8 nitrogen and oxygen atoms in total. The van der Waals surface area contributed by atoms with Crippen LogP contribution in [0.2, 0.25) is 0 Å². The van der Waals surface area contributed by atoms with Gasteiger partial charge in [-0.25, -0.2) is 4.98 Å². The van der Waals surface area contributed by atoms with E-state index in [0.29, 0.717) is 29.2 Å². The highest BCUT2D eigenvalue weighted by Crippen LogP contribution is 2.35. The highest BCUT2D eigenvalue weighted by Gasteiger charge is 2.32. The number of benzene rings is 3. The smallest absolute Gasteiger partial charge is 0.416 e. The highest BCUT2D eigenvalue weighted by molar-refractivity contribution is 6.06. The van der Waals surface area contributed by atoms with Gasteiger partial charge >= 0.3 is 6.18 Å². The molecule has 1 aliphatic carbocycles. The van der Waals surface area contributed by atoms with Gasteiger partial charge in [0.1, 0.15) is 29.7 Å². The van der Waals surface area contributed by atoms with Crippen LogP contribution in [0.3, 0.4) is 0 Å². The van der Waals surface area contributed by atoms with Gasteiger partial charge in [0.2, 0.25) is 5.91 Å². The van der Waals surface area contributed by atoms with Gasteiger partial charge in [-0.05, 0) is 92.0 Å². The fraction of sp³-hybridized carbons (Fsp3) is 0.303. The Morgan fingerprint density at radius 1 is 0.864 bits per heavy atom. The van der Waals surface area contributed by atoms with Crippen LogP contribution in [0.15, 0.2) is 72.9 Å². The number of carbonyl (C=O) groups excluding carboxylic acids is 2. The third-order valence-electron chi connectivity index (χ3n) is 7.61. The molecule has 2 heterocycles. The third-order valence-corrected chi connectivity index (χ3v) is 7.61. The molecule has 0 atom stereocenters. The molecule has 2 aliphatic rings. The van der Waals surface area contributed by atoms with E-state index in [0.717, 1.165) is 56.3 Å². The number of ether oxygens (including phenoxy) is 2. The van der Waals surface area contributed by atoms with Crippen molar-refractivity contribution in [2.24, 2.45) is 5.92 Å². The molecule has 228 valence electrons. The fourth-order valence-electron chi connectivity index (χ4n) is 5.10. The van der Waals surface area contributed by atoms with E-state index in [1.807, 2.05) is 6.07 Å². The predicted molar refractivity (Wildman–Crippen MR) is 160 cm³/mol. The first-order valence-corrected chi connectivity index (χ1v) is 14.6. The van der Waals surface area contributed by atoms with Gasteiger partial charge in [-0.2, -0.15) is 13.2 Å². The lowest BCUT2D eigenvalue weighted by atomic mass is 10.1. The molecule has 0 unspecified atom stereocenters. The molecule has 2 fully saturated rings. The lowest BCUT2D eigenvalue weighted by molar-refractivity contribution is -0.137. The van der Waals surface area contributed by atoms with Crippen molar-refractivity contribution < 1.29 is 32.2 Å². The molecule has 2 amide bonds. The number of carbonyl (C=O) groups is 2. The summed E-state index contributed by atoms with van der Waals surface area (Å²) in [6, 6.07) is 16.9. The number of halogens is 3. The Morgan fingerprint density at radius 3 is 2.41 bits per heavy atom. The zero-order valence-corrected chi connectivity index (χ0v) is 23.8. The fourth-order valence-corrected chi connectivity index (χ4v) is 5.10. The van der Waals surface area contributed by atoms with Crippen LogP contribution in [0.5, 0.6) is 17.2 Å². The summed E-state index contributed by atoms with van der Waals surface area (Å²) >= 11 is 0. The van der Waals surface area contributed by atoms with Crippen molar-refractivity contribution >= 4 is 34.1 Å². The minimum Gasteiger partial charge on any atom is -0.492 e. The van der Waals surface area contributed by atoms with Crippen molar-refractivity contribution in [1.29, 1.82) is 0 Å². The summed E-state index contributed by atoms with van der Waals surface area (Å²) in [6.45, 7) is 2.79.